The van der Waals surface area contributed by atoms with E-state index in [9.17, 15) is 9.90 Å². The number of quaternary nitrogens is 1. The highest BCUT2D eigenvalue weighted by Crippen LogP contribution is 2.32. The number of nitrogens with zero attached hydrogens (tertiary/aromatic N) is 1. The zero-order valence-electron chi connectivity index (χ0n) is 16.0. The molecular weight excluding hydrogens is 358 g/mol. The first-order valence-corrected chi connectivity index (χ1v) is 9.69. The number of aromatic hydroxyl groups is 1. The van der Waals surface area contributed by atoms with Gasteiger partial charge < -0.3 is 29.7 Å². The molecule has 0 radical (unpaired) electrons. The topological polar surface area (TPSA) is 75.5 Å². The van der Waals surface area contributed by atoms with Crippen LogP contribution in [0, 0.1) is 0 Å². The summed E-state index contributed by atoms with van der Waals surface area (Å²) < 4.78 is 11.1. The Morgan fingerprint density at radius 3 is 2.46 bits per heavy atom. The van der Waals surface area contributed by atoms with Crippen molar-refractivity contribution in [2.75, 3.05) is 49.6 Å². The summed E-state index contributed by atoms with van der Waals surface area (Å²) in [5.74, 6) is 1.67. The number of anilines is 2. The number of amides is 1. The number of carbonyl (C=O) groups is 1. The SMILES string of the molecule is C[C@H](C(=O)Nc1ccc2c(c1)OCCO2)[NH+]1CCN(c2ccc(O)cc2)CC1. The molecule has 0 aromatic heterocycles. The van der Waals surface area contributed by atoms with Gasteiger partial charge in [-0.2, -0.15) is 0 Å². The molecule has 3 N–H and O–H groups in total. The van der Waals surface area contributed by atoms with Crippen LogP contribution in [0.1, 0.15) is 6.92 Å². The monoisotopic (exact) mass is 384 g/mol. The van der Waals surface area contributed by atoms with Gasteiger partial charge in [-0.05, 0) is 43.3 Å². The molecule has 1 fully saturated rings. The molecule has 4 rings (SSSR count). The highest BCUT2D eigenvalue weighted by Gasteiger charge is 2.29. The number of carbonyl (C=O) groups excluding carboxylic acids is 1. The van der Waals surface area contributed by atoms with Crippen molar-refractivity contribution in [3.05, 3.63) is 42.5 Å². The van der Waals surface area contributed by atoms with Crippen molar-refractivity contribution in [1.82, 2.24) is 0 Å². The Morgan fingerprint density at radius 2 is 1.75 bits per heavy atom. The molecule has 7 nitrogen and oxygen atoms in total. The van der Waals surface area contributed by atoms with Gasteiger partial charge in [0.15, 0.2) is 17.5 Å². The second-order valence-electron chi connectivity index (χ2n) is 7.23. The van der Waals surface area contributed by atoms with E-state index in [4.69, 9.17) is 9.47 Å². The van der Waals surface area contributed by atoms with Gasteiger partial charge in [0.25, 0.3) is 5.91 Å². The Kier molecular flexibility index (Phi) is 5.25. The fourth-order valence-electron chi connectivity index (χ4n) is 3.71. The maximum Gasteiger partial charge on any atom is 0.282 e. The van der Waals surface area contributed by atoms with Crippen molar-refractivity contribution in [3.63, 3.8) is 0 Å². The lowest BCUT2D eigenvalue weighted by Crippen LogP contribution is -3.19. The number of nitrogens with one attached hydrogen (secondary N) is 2. The molecule has 0 saturated carbocycles. The average molecular weight is 384 g/mol. The molecule has 2 heterocycles. The normalized spacial score (nSPS) is 17.8. The Labute approximate surface area is 164 Å². The van der Waals surface area contributed by atoms with Crippen molar-refractivity contribution in [2.45, 2.75) is 13.0 Å². The first-order valence-electron chi connectivity index (χ1n) is 9.69. The quantitative estimate of drug-likeness (QED) is 0.730. The number of hydrogen-bond acceptors (Lipinski definition) is 5. The Bertz CT molecular complexity index is 832. The molecule has 148 valence electrons. The third-order valence-electron chi connectivity index (χ3n) is 5.44. The van der Waals surface area contributed by atoms with Crippen LogP contribution in [0.5, 0.6) is 17.2 Å². The molecule has 1 saturated heterocycles. The van der Waals surface area contributed by atoms with Crippen LogP contribution in [0.2, 0.25) is 0 Å². The molecule has 7 heteroatoms. The summed E-state index contributed by atoms with van der Waals surface area (Å²) in [7, 11) is 0. The first-order chi connectivity index (χ1) is 13.6. The minimum Gasteiger partial charge on any atom is -0.508 e. The Balaban J connectivity index is 1.32. The van der Waals surface area contributed by atoms with Gasteiger partial charge in [0, 0.05) is 17.4 Å². The van der Waals surface area contributed by atoms with Crippen LogP contribution in [0.3, 0.4) is 0 Å². The predicted octanol–water partition coefficient (Wildman–Crippen LogP) is 0.896. The van der Waals surface area contributed by atoms with Crippen LogP contribution in [-0.2, 0) is 4.79 Å². The van der Waals surface area contributed by atoms with Crippen LogP contribution < -0.4 is 24.6 Å². The maximum absolute atomic E-state index is 12.7. The third-order valence-corrected chi connectivity index (χ3v) is 5.44. The molecule has 0 bridgehead atoms. The summed E-state index contributed by atoms with van der Waals surface area (Å²) in [4.78, 5) is 16.3. The third kappa shape index (κ3) is 3.99. The molecule has 0 unspecified atom stereocenters. The molecule has 1 amide bonds. The van der Waals surface area contributed by atoms with Gasteiger partial charge in [0.2, 0.25) is 0 Å². The summed E-state index contributed by atoms with van der Waals surface area (Å²) in [6.07, 6.45) is 0. The predicted molar refractivity (Wildman–Crippen MR) is 107 cm³/mol. The standard InChI is InChI=1S/C21H25N3O4/c1-15(21(26)22-16-2-7-19-20(14-16)28-13-12-27-19)23-8-10-24(11-9-23)17-3-5-18(25)6-4-17/h2-7,14-15,25H,8-13H2,1H3,(H,22,26)/p+1/t15-/m1/s1. The average Bonchev–Trinajstić information content (AvgIpc) is 2.74. The van der Waals surface area contributed by atoms with E-state index in [-0.39, 0.29) is 17.7 Å². The number of piperazine rings is 1. The van der Waals surface area contributed by atoms with E-state index in [1.807, 2.05) is 37.3 Å². The van der Waals surface area contributed by atoms with Crippen molar-refractivity contribution in [1.29, 1.82) is 0 Å². The van der Waals surface area contributed by atoms with Crippen molar-refractivity contribution in [2.24, 2.45) is 0 Å². The number of hydrogen-bond donors (Lipinski definition) is 3. The lowest BCUT2D eigenvalue weighted by atomic mass is 10.2. The fraction of sp³-hybridized carbons (Fsp3) is 0.381. The Hall–Kier alpha value is -2.93. The van der Waals surface area contributed by atoms with Gasteiger partial charge in [-0.3, -0.25) is 4.79 Å². The van der Waals surface area contributed by atoms with Crippen LogP contribution in [-0.4, -0.2) is 56.4 Å². The minimum atomic E-state index is -0.143. The molecular formula is C21H26N3O4+. The second kappa shape index (κ2) is 7.98. The summed E-state index contributed by atoms with van der Waals surface area (Å²) in [6.45, 7) is 6.57. The highest BCUT2D eigenvalue weighted by molar-refractivity contribution is 5.94. The number of phenols is 1. The van der Waals surface area contributed by atoms with E-state index in [2.05, 4.69) is 10.2 Å². The second-order valence-corrected chi connectivity index (χ2v) is 7.23. The molecule has 28 heavy (non-hydrogen) atoms. The lowest BCUT2D eigenvalue weighted by molar-refractivity contribution is -0.914. The van der Waals surface area contributed by atoms with Crippen LogP contribution in [0.25, 0.3) is 0 Å². The van der Waals surface area contributed by atoms with E-state index in [1.54, 1.807) is 12.1 Å². The van der Waals surface area contributed by atoms with E-state index in [0.29, 0.717) is 24.7 Å². The molecule has 0 aliphatic carbocycles. The van der Waals surface area contributed by atoms with Gasteiger partial charge in [-0.15, -0.1) is 0 Å². The fourth-order valence-corrected chi connectivity index (χ4v) is 3.71. The van der Waals surface area contributed by atoms with Gasteiger partial charge >= 0.3 is 0 Å². The van der Waals surface area contributed by atoms with Crippen LogP contribution >= 0.6 is 0 Å². The number of phenolic OH excluding ortho intramolecular Hbond substituents is 1. The Morgan fingerprint density at radius 1 is 1.07 bits per heavy atom. The molecule has 2 aliphatic rings. The largest absolute Gasteiger partial charge is 0.508 e. The van der Waals surface area contributed by atoms with E-state index in [1.165, 1.54) is 4.90 Å². The number of benzene rings is 2. The van der Waals surface area contributed by atoms with Gasteiger partial charge in [0.05, 0.1) is 26.2 Å². The van der Waals surface area contributed by atoms with Crippen molar-refractivity contribution >= 4 is 17.3 Å². The zero-order chi connectivity index (χ0) is 19.5. The molecule has 2 aliphatic heterocycles. The summed E-state index contributed by atoms with van der Waals surface area (Å²) >= 11 is 0. The van der Waals surface area contributed by atoms with Crippen LogP contribution in [0.15, 0.2) is 42.5 Å². The molecule has 1 atom stereocenters. The van der Waals surface area contributed by atoms with Crippen molar-refractivity contribution in [3.8, 4) is 17.2 Å². The van der Waals surface area contributed by atoms with Crippen LogP contribution in [0.4, 0.5) is 11.4 Å². The maximum atomic E-state index is 12.7. The summed E-state index contributed by atoms with van der Waals surface area (Å²) in [5.41, 5.74) is 1.83. The van der Waals surface area contributed by atoms with Gasteiger partial charge in [-0.1, -0.05) is 0 Å². The van der Waals surface area contributed by atoms with Crippen molar-refractivity contribution < 1.29 is 24.3 Å². The summed E-state index contributed by atoms with van der Waals surface area (Å²) in [6, 6.07) is 12.6. The first kappa shape index (κ1) is 18.4. The molecule has 2 aromatic carbocycles. The lowest BCUT2D eigenvalue weighted by Gasteiger charge is -2.36. The minimum absolute atomic E-state index is 0.00441. The van der Waals surface area contributed by atoms with E-state index in [0.717, 1.165) is 37.6 Å². The number of ether oxygens (including phenoxy) is 2. The molecule has 2 aromatic rings. The number of rotatable bonds is 4. The summed E-state index contributed by atoms with van der Waals surface area (Å²) in [5, 5.41) is 12.4. The smallest absolute Gasteiger partial charge is 0.282 e. The van der Waals surface area contributed by atoms with Gasteiger partial charge in [-0.25, -0.2) is 0 Å². The van der Waals surface area contributed by atoms with Gasteiger partial charge in [0.1, 0.15) is 19.0 Å². The molecule has 0 spiro atoms. The number of fused-ring (bicyclic) bond motifs is 1. The highest BCUT2D eigenvalue weighted by atomic mass is 16.6. The van der Waals surface area contributed by atoms with E-state index >= 15 is 0 Å². The van der Waals surface area contributed by atoms with E-state index < -0.39 is 0 Å². The zero-order valence-corrected chi connectivity index (χ0v) is 16.0.